The Bertz CT molecular complexity index is 817. The first-order chi connectivity index (χ1) is 11.0. The van der Waals surface area contributed by atoms with Gasteiger partial charge in [0.15, 0.2) is 0 Å². The molecule has 0 spiro atoms. The number of anilines is 2. The highest BCUT2D eigenvalue weighted by Crippen LogP contribution is 2.14. The molecule has 120 valence electrons. The third kappa shape index (κ3) is 5.08. The predicted octanol–water partition coefficient (Wildman–Crippen LogP) is 1.28. The topological polar surface area (TPSA) is 116 Å². The Labute approximate surface area is 134 Å². The average Bonchev–Trinajstić information content (AvgIpc) is 3.00. The predicted molar refractivity (Wildman–Crippen MR) is 86.9 cm³/mol. The molecule has 0 atom stereocenters. The Morgan fingerprint density at radius 1 is 1.09 bits per heavy atom. The molecule has 3 N–H and O–H groups in total. The van der Waals surface area contributed by atoms with Gasteiger partial charge in [-0.2, -0.15) is 0 Å². The maximum Gasteiger partial charge on any atom is 0.264 e. The van der Waals surface area contributed by atoms with Crippen molar-refractivity contribution in [1.29, 1.82) is 0 Å². The number of hydrogen-bond donors (Lipinski definition) is 2. The summed E-state index contributed by atoms with van der Waals surface area (Å²) in [6, 6.07) is 7.46. The van der Waals surface area contributed by atoms with E-state index in [4.69, 9.17) is 5.73 Å². The lowest BCUT2D eigenvalue weighted by atomic mass is 10.3. The van der Waals surface area contributed by atoms with E-state index in [2.05, 4.69) is 19.7 Å². The number of aryl methyl sites for hydroxylation is 1. The molecular formula is C14H16N6O2S. The third-order valence-corrected chi connectivity index (χ3v) is 3.96. The van der Waals surface area contributed by atoms with Crippen LogP contribution in [-0.4, -0.2) is 27.9 Å². The van der Waals surface area contributed by atoms with Crippen LogP contribution in [0.25, 0.3) is 0 Å². The van der Waals surface area contributed by atoms with Crippen LogP contribution in [0.15, 0.2) is 66.3 Å². The molecule has 0 unspecified atom stereocenters. The van der Waals surface area contributed by atoms with Crippen LogP contribution in [0.3, 0.4) is 0 Å². The summed E-state index contributed by atoms with van der Waals surface area (Å²) in [4.78, 5) is 11.5. The van der Waals surface area contributed by atoms with Gasteiger partial charge in [0.1, 0.15) is 0 Å². The largest absolute Gasteiger partial charge is 0.399 e. The molecule has 9 heteroatoms. The number of nitrogens with one attached hydrogen (secondary N) is 1. The van der Waals surface area contributed by atoms with Crippen LogP contribution in [0.4, 0.5) is 11.6 Å². The molecule has 0 aliphatic heterocycles. The van der Waals surface area contributed by atoms with Crippen molar-refractivity contribution in [3.8, 4) is 0 Å². The van der Waals surface area contributed by atoms with E-state index in [0.29, 0.717) is 5.69 Å². The summed E-state index contributed by atoms with van der Waals surface area (Å²) in [5, 5.41) is 0. The number of nitrogens with zero attached hydrogens (tertiary/aromatic N) is 4. The highest BCUT2D eigenvalue weighted by Gasteiger charge is 2.14. The number of nitrogen functional groups attached to an aromatic ring is 1. The molecule has 3 rings (SSSR count). The Balaban J connectivity index is 0.000000268. The lowest BCUT2D eigenvalue weighted by Gasteiger charge is -2.05. The Morgan fingerprint density at radius 3 is 2.22 bits per heavy atom. The summed E-state index contributed by atoms with van der Waals surface area (Å²) in [6.45, 7) is 0. The monoisotopic (exact) mass is 332 g/mol. The fourth-order valence-electron chi connectivity index (χ4n) is 1.50. The van der Waals surface area contributed by atoms with E-state index >= 15 is 0 Å². The van der Waals surface area contributed by atoms with Gasteiger partial charge in [-0.15, -0.1) is 0 Å². The molecule has 3 aromatic rings. The number of aromatic nitrogens is 4. The van der Waals surface area contributed by atoms with Gasteiger partial charge in [-0.05, 0) is 30.3 Å². The molecule has 0 amide bonds. The first-order valence-electron chi connectivity index (χ1n) is 6.55. The zero-order valence-corrected chi connectivity index (χ0v) is 13.2. The second-order valence-electron chi connectivity index (χ2n) is 4.48. The minimum absolute atomic E-state index is 0.0318. The van der Waals surface area contributed by atoms with Gasteiger partial charge >= 0.3 is 0 Å². The maximum absolute atomic E-state index is 11.9. The van der Waals surface area contributed by atoms with Gasteiger partial charge < -0.3 is 10.3 Å². The quantitative estimate of drug-likeness (QED) is 0.698. The van der Waals surface area contributed by atoms with Crippen LogP contribution >= 0.6 is 0 Å². The highest BCUT2D eigenvalue weighted by atomic mass is 32.2. The Morgan fingerprint density at radius 2 is 1.74 bits per heavy atom. The van der Waals surface area contributed by atoms with E-state index in [-0.39, 0.29) is 10.8 Å². The fourth-order valence-corrected chi connectivity index (χ4v) is 2.46. The highest BCUT2D eigenvalue weighted by molar-refractivity contribution is 7.92. The van der Waals surface area contributed by atoms with Crippen molar-refractivity contribution in [2.24, 2.45) is 7.05 Å². The average molecular weight is 332 g/mol. The zero-order valence-electron chi connectivity index (χ0n) is 12.4. The molecule has 0 fully saturated rings. The van der Waals surface area contributed by atoms with E-state index in [1.54, 1.807) is 18.6 Å². The molecular weight excluding hydrogens is 316 g/mol. The van der Waals surface area contributed by atoms with Crippen molar-refractivity contribution < 1.29 is 8.42 Å². The van der Waals surface area contributed by atoms with Gasteiger partial charge in [0, 0.05) is 37.5 Å². The standard InChI is InChI=1S/C10H10N4O2S.C4H6N2/c11-8-2-4-9(5-3-8)17(15,16)14-10-12-6-1-7-13-10;1-6-3-2-5-4-6/h1-7H,11H2,(H,12,13,14);2-4H,1H3. The van der Waals surface area contributed by atoms with Crippen molar-refractivity contribution in [2.75, 3.05) is 10.5 Å². The van der Waals surface area contributed by atoms with Gasteiger partial charge in [-0.25, -0.2) is 28.1 Å². The maximum atomic E-state index is 11.9. The van der Waals surface area contributed by atoms with E-state index < -0.39 is 10.0 Å². The molecule has 8 nitrogen and oxygen atoms in total. The smallest absolute Gasteiger partial charge is 0.264 e. The summed E-state index contributed by atoms with van der Waals surface area (Å²) in [5.74, 6) is 0.0318. The van der Waals surface area contributed by atoms with Gasteiger partial charge in [0.2, 0.25) is 5.95 Å². The first kappa shape index (κ1) is 16.4. The first-order valence-corrected chi connectivity index (χ1v) is 8.03. The summed E-state index contributed by atoms with van der Waals surface area (Å²) in [5.41, 5.74) is 5.98. The molecule has 0 radical (unpaired) electrons. The van der Waals surface area contributed by atoms with E-state index in [9.17, 15) is 8.42 Å². The lowest BCUT2D eigenvalue weighted by molar-refractivity contribution is 0.601. The minimum Gasteiger partial charge on any atom is -0.399 e. The van der Waals surface area contributed by atoms with Crippen LogP contribution in [0, 0.1) is 0 Å². The van der Waals surface area contributed by atoms with Crippen LogP contribution < -0.4 is 10.5 Å². The normalized spacial score (nSPS) is 10.5. The fraction of sp³-hybridized carbons (Fsp3) is 0.0714. The second-order valence-corrected chi connectivity index (χ2v) is 6.16. The number of imidazole rings is 1. The van der Waals surface area contributed by atoms with Crippen molar-refractivity contribution in [3.05, 3.63) is 61.4 Å². The van der Waals surface area contributed by atoms with Gasteiger partial charge in [-0.3, -0.25) is 0 Å². The molecule has 2 heterocycles. The number of hydrogen-bond acceptors (Lipinski definition) is 6. The molecule has 0 aliphatic carbocycles. The molecule has 1 aromatic carbocycles. The lowest BCUT2D eigenvalue weighted by Crippen LogP contribution is -2.14. The Kier molecular flexibility index (Phi) is 5.26. The third-order valence-electron chi connectivity index (χ3n) is 2.62. The van der Waals surface area contributed by atoms with Gasteiger partial charge in [-0.1, -0.05) is 0 Å². The van der Waals surface area contributed by atoms with Gasteiger partial charge in [0.25, 0.3) is 10.0 Å². The molecule has 23 heavy (non-hydrogen) atoms. The SMILES string of the molecule is Cn1ccnc1.Nc1ccc(S(=O)(=O)Nc2ncccn2)cc1. The molecule has 0 bridgehead atoms. The summed E-state index contributed by atoms with van der Waals surface area (Å²) >= 11 is 0. The number of sulfonamides is 1. The van der Waals surface area contributed by atoms with Crippen LogP contribution in [0.2, 0.25) is 0 Å². The summed E-state index contributed by atoms with van der Waals surface area (Å²) < 4.78 is 27.9. The summed E-state index contributed by atoms with van der Waals surface area (Å²) in [6.07, 6.45) is 8.29. The van der Waals surface area contributed by atoms with Crippen molar-refractivity contribution in [1.82, 2.24) is 19.5 Å². The zero-order chi connectivity index (χ0) is 16.7. The van der Waals surface area contributed by atoms with E-state index in [1.807, 2.05) is 17.8 Å². The number of nitrogens with two attached hydrogens (primary N) is 1. The molecule has 2 aromatic heterocycles. The van der Waals surface area contributed by atoms with Crippen molar-refractivity contribution >= 4 is 21.7 Å². The molecule has 0 saturated heterocycles. The molecule has 0 saturated carbocycles. The van der Waals surface area contributed by atoms with E-state index in [1.165, 1.54) is 36.7 Å². The van der Waals surface area contributed by atoms with E-state index in [0.717, 1.165) is 0 Å². The molecule has 0 aliphatic rings. The summed E-state index contributed by atoms with van der Waals surface area (Å²) in [7, 11) is -1.72. The number of benzene rings is 1. The minimum atomic E-state index is -3.66. The second kappa shape index (κ2) is 7.36. The van der Waals surface area contributed by atoms with Crippen LogP contribution in [0.5, 0.6) is 0 Å². The van der Waals surface area contributed by atoms with Crippen molar-refractivity contribution in [2.45, 2.75) is 4.90 Å². The van der Waals surface area contributed by atoms with Gasteiger partial charge in [0.05, 0.1) is 11.2 Å². The number of rotatable bonds is 3. The van der Waals surface area contributed by atoms with Crippen LogP contribution in [0.1, 0.15) is 0 Å². The Hall–Kier alpha value is -2.94. The van der Waals surface area contributed by atoms with Crippen LogP contribution in [-0.2, 0) is 17.1 Å². The van der Waals surface area contributed by atoms with Crippen molar-refractivity contribution in [3.63, 3.8) is 0 Å².